The molecule has 0 spiro atoms. The van der Waals surface area contributed by atoms with E-state index in [9.17, 15) is 4.79 Å². The number of methoxy groups -OCH3 is 1. The topological polar surface area (TPSA) is 41.6 Å². The fraction of sp³-hybridized carbons (Fsp3) is 0.235. The van der Waals surface area contributed by atoms with Gasteiger partial charge in [-0.2, -0.15) is 0 Å². The highest BCUT2D eigenvalue weighted by atomic mass is 16.5. The summed E-state index contributed by atoms with van der Waals surface area (Å²) in [7, 11) is 3.39. The van der Waals surface area contributed by atoms with E-state index in [1.807, 2.05) is 55.5 Å². The lowest BCUT2D eigenvalue weighted by atomic mass is 10.1. The van der Waals surface area contributed by atoms with Gasteiger partial charge in [-0.1, -0.05) is 12.1 Å². The molecule has 110 valence electrons. The average Bonchev–Trinajstić information content (AvgIpc) is 2.54. The van der Waals surface area contributed by atoms with Gasteiger partial charge >= 0.3 is 0 Å². The van der Waals surface area contributed by atoms with Crippen LogP contribution in [0.1, 0.15) is 17.3 Å². The number of para-hydroxylation sites is 1. The molecule has 0 heterocycles. The summed E-state index contributed by atoms with van der Waals surface area (Å²) in [6.45, 7) is 2.78. The van der Waals surface area contributed by atoms with E-state index >= 15 is 0 Å². The van der Waals surface area contributed by atoms with Crippen LogP contribution in [0.25, 0.3) is 0 Å². The van der Waals surface area contributed by atoms with Crippen LogP contribution in [0.2, 0.25) is 0 Å². The van der Waals surface area contributed by atoms with Crippen molar-refractivity contribution in [2.24, 2.45) is 0 Å². The van der Waals surface area contributed by atoms with Crippen LogP contribution in [0.4, 0.5) is 11.4 Å². The first-order valence-electron chi connectivity index (χ1n) is 6.92. The molecule has 21 heavy (non-hydrogen) atoms. The normalized spacial score (nSPS) is 10.0. The molecule has 1 amide bonds. The molecule has 2 rings (SSSR count). The number of nitrogens with one attached hydrogen (secondary N) is 1. The Morgan fingerprint density at radius 3 is 2.43 bits per heavy atom. The van der Waals surface area contributed by atoms with Gasteiger partial charge in [-0.15, -0.1) is 0 Å². The van der Waals surface area contributed by atoms with Crippen molar-refractivity contribution in [1.82, 2.24) is 0 Å². The second-order valence-electron chi connectivity index (χ2n) is 4.64. The minimum absolute atomic E-state index is 0.0447. The number of nitrogens with zero attached hydrogens (tertiary/aromatic N) is 1. The summed E-state index contributed by atoms with van der Waals surface area (Å²) in [6, 6.07) is 15.0. The molecule has 0 aliphatic rings. The maximum Gasteiger partial charge on any atom is 0.260 e. The molecular weight excluding hydrogens is 264 g/mol. The van der Waals surface area contributed by atoms with Gasteiger partial charge in [0.15, 0.2) is 0 Å². The molecule has 2 aromatic carbocycles. The molecule has 1 N–H and O–H groups in total. The zero-order valence-electron chi connectivity index (χ0n) is 12.6. The lowest BCUT2D eigenvalue weighted by Crippen LogP contribution is -2.27. The standard InChI is InChI=1S/C17H20N2O2/c1-4-18-16-8-6-5-7-15(16)17(20)19(2)13-9-11-14(21-3)12-10-13/h5-12,18H,4H2,1-3H3. The molecule has 0 aliphatic carbocycles. The summed E-state index contributed by atoms with van der Waals surface area (Å²) in [6.07, 6.45) is 0. The number of carbonyl (C=O) groups excluding carboxylic acids is 1. The van der Waals surface area contributed by atoms with Crippen molar-refractivity contribution < 1.29 is 9.53 Å². The first-order valence-corrected chi connectivity index (χ1v) is 6.92. The maximum absolute atomic E-state index is 12.6. The van der Waals surface area contributed by atoms with E-state index in [0.29, 0.717) is 5.56 Å². The minimum atomic E-state index is -0.0447. The Kier molecular flexibility index (Phi) is 4.82. The average molecular weight is 284 g/mol. The minimum Gasteiger partial charge on any atom is -0.497 e. The van der Waals surface area contributed by atoms with Crippen molar-refractivity contribution in [3.05, 3.63) is 54.1 Å². The van der Waals surface area contributed by atoms with Gasteiger partial charge in [0.25, 0.3) is 5.91 Å². The number of carbonyl (C=O) groups is 1. The van der Waals surface area contributed by atoms with E-state index < -0.39 is 0 Å². The van der Waals surface area contributed by atoms with E-state index in [1.54, 1.807) is 19.1 Å². The molecule has 0 unspecified atom stereocenters. The third-order valence-corrected chi connectivity index (χ3v) is 3.29. The van der Waals surface area contributed by atoms with Crippen molar-refractivity contribution in [2.75, 3.05) is 30.9 Å². The molecule has 0 saturated carbocycles. The van der Waals surface area contributed by atoms with E-state index in [0.717, 1.165) is 23.7 Å². The summed E-state index contributed by atoms with van der Waals surface area (Å²) in [5.74, 6) is 0.726. The third kappa shape index (κ3) is 3.34. The van der Waals surface area contributed by atoms with Gasteiger partial charge in [0.2, 0.25) is 0 Å². The van der Waals surface area contributed by atoms with Crippen molar-refractivity contribution in [1.29, 1.82) is 0 Å². The number of benzene rings is 2. The predicted molar refractivity (Wildman–Crippen MR) is 86.3 cm³/mol. The molecule has 4 heteroatoms. The van der Waals surface area contributed by atoms with E-state index in [2.05, 4.69) is 5.32 Å². The smallest absolute Gasteiger partial charge is 0.260 e. The predicted octanol–water partition coefficient (Wildman–Crippen LogP) is 3.40. The number of anilines is 2. The zero-order valence-corrected chi connectivity index (χ0v) is 12.6. The quantitative estimate of drug-likeness (QED) is 0.915. The van der Waals surface area contributed by atoms with Crippen LogP contribution in [0.5, 0.6) is 5.75 Å². The Bertz CT molecular complexity index is 608. The van der Waals surface area contributed by atoms with Gasteiger partial charge in [-0.05, 0) is 43.3 Å². The number of hydrogen-bond donors (Lipinski definition) is 1. The first kappa shape index (κ1) is 14.9. The molecule has 0 fully saturated rings. The van der Waals surface area contributed by atoms with E-state index in [1.165, 1.54) is 0 Å². The van der Waals surface area contributed by atoms with Crippen LogP contribution in [-0.2, 0) is 0 Å². The molecule has 0 saturated heterocycles. The summed E-state index contributed by atoms with van der Waals surface area (Å²) < 4.78 is 5.13. The summed E-state index contributed by atoms with van der Waals surface area (Å²) in [5.41, 5.74) is 2.34. The highest BCUT2D eigenvalue weighted by molar-refractivity contribution is 6.09. The highest BCUT2D eigenvalue weighted by Gasteiger charge is 2.16. The highest BCUT2D eigenvalue weighted by Crippen LogP contribution is 2.22. The van der Waals surface area contributed by atoms with Crippen molar-refractivity contribution in [3.8, 4) is 5.75 Å². The lowest BCUT2D eigenvalue weighted by Gasteiger charge is -2.19. The Morgan fingerprint density at radius 1 is 1.14 bits per heavy atom. The lowest BCUT2D eigenvalue weighted by molar-refractivity contribution is 0.0993. The number of hydrogen-bond acceptors (Lipinski definition) is 3. The molecule has 0 aromatic heterocycles. The first-order chi connectivity index (χ1) is 10.2. The van der Waals surface area contributed by atoms with Crippen LogP contribution in [0.15, 0.2) is 48.5 Å². The second kappa shape index (κ2) is 6.79. The van der Waals surface area contributed by atoms with Crippen molar-refractivity contribution in [3.63, 3.8) is 0 Å². The fourth-order valence-electron chi connectivity index (χ4n) is 2.12. The number of amides is 1. The van der Waals surface area contributed by atoms with Crippen molar-refractivity contribution in [2.45, 2.75) is 6.92 Å². The van der Waals surface area contributed by atoms with Gasteiger partial charge in [-0.25, -0.2) is 0 Å². The van der Waals surface area contributed by atoms with E-state index in [-0.39, 0.29) is 5.91 Å². The largest absolute Gasteiger partial charge is 0.497 e. The molecule has 2 aromatic rings. The maximum atomic E-state index is 12.6. The summed E-state index contributed by atoms with van der Waals surface area (Å²) in [5, 5.41) is 3.21. The van der Waals surface area contributed by atoms with Crippen LogP contribution >= 0.6 is 0 Å². The van der Waals surface area contributed by atoms with Crippen LogP contribution in [0.3, 0.4) is 0 Å². The molecule has 0 atom stereocenters. The SMILES string of the molecule is CCNc1ccccc1C(=O)N(C)c1ccc(OC)cc1. The second-order valence-corrected chi connectivity index (χ2v) is 4.64. The molecule has 0 aliphatic heterocycles. The Balaban J connectivity index is 2.26. The monoisotopic (exact) mass is 284 g/mol. The summed E-state index contributed by atoms with van der Waals surface area (Å²) in [4.78, 5) is 14.3. The third-order valence-electron chi connectivity index (χ3n) is 3.29. The Hall–Kier alpha value is -2.49. The Labute approximate surface area is 125 Å². The van der Waals surface area contributed by atoms with Gasteiger partial charge in [0.05, 0.1) is 12.7 Å². The number of rotatable bonds is 5. The van der Waals surface area contributed by atoms with E-state index in [4.69, 9.17) is 4.74 Å². The van der Waals surface area contributed by atoms with Crippen LogP contribution in [-0.4, -0.2) is 26.6 Å². The van der Waals surface area contributed by atoms with Gasteiger partial charge in [0, 0.05) is 25.0 Å². The van der Waals surface area contributed by atoms with Gasteiger partial charge < -0.3 is 15.0 Å². The molecule has 0 radical (unpaired) electrons. The molecule has 0 bridgehead atoms. The molecular formula is C17H20N2O2. The Morgan fingerprint density at radius 2 is 1.81 bits per heavy atom. The van der Waals surface area contributed by atoms with Crippen LogP contribution in [0, 0.1) is 0 Å². The van der Waals surface area contributed by atoms with Gasteiger partial charge in [0.1, 0.15) is 5.75 Å². The zero-order chi connectivity index (χ0) is 15.2. The van der Waals surface area contributed by atoms with Crippen molar-refractivity contribution >= 4 is 17.3 Å². The fourth-order valence-corrected chi connectivity index (χ4v) is 2.12. The van der Waals surface area contributed by atoms with Gasteiger partial charge in [-0.3, -0.25) is 4.79 Å². The summed E-state index contributed by atoms with van der Waals surface area (Å²) >= 11 is 0. The number of ether oxygens (including phenoxy) is 1. The molecule has 4 nitrogen and oxygen atoms in total. The van der Waals surface area contributed by atoms with Crippen LogP contribution < -0.4 is 15.0 Å².